The Morgan fingerprint density at radius 2 is 2.36 bits per heavy atom. The number of carbonyl (C=O) groups is 2. The molecule has 80 valence electrons. The highest BCUT2D eigenvalue weighted by Crippen LogP contribution is 2.12. The molecule has 1 aliphatic rings. The minimum atomic E-state index is -0.268. The Kier molecular flexibility index (Phi) is 4.39. The molecule has 1 atom stereocenters. The van der Waals surface area contributed by atoms with Gasteiger partial charge in [-0.3, -0.25) is 4.90 Å². The molecule has 0 bridgehead atoms. The van der Waals surface area contributed by atoms with Gasteiger partial charge < -0.3 is 15.4 Å². The molecule has 1 aliphatic heterocycles. The van der Waals surface area contributed by atoms with Crippen molar-refractivity contribution < 1.29 is 9.59 Å². The first-order chi connectivity index (χ1) is 6.74. The number of piperidine rings is 1. The zero-order valence-corrected chi connectivity index (χ0v) is 8.45. The fourth-order valence-electron chi connectivity index (χ4n) is 1.59. The molecule has 5 nitrogen and oxygen atoms in total. The summed E-state index contributed by atoms with van der Waals surface area (Å²) in [6.07, 6.45) is 4.08. The van der Waals surface area contributed by atoms with E-state index in [1.54, 1.807) is 0 Å². The van der Waals surface area contributed by atoms with Crippen LogP contribution < -0.4 is 10.6 Å². The van der Waals surface area contributed by atoms with Gasteiger partial charge in [0.05, 0.1) is 12.7 Å². The molecule has 0 aromatic heterocycles. The number of urea groups is 1. The number of nitrogens with zero attached hydrogens (tertiary/aromatic N) is 1. The van der Waals surface area contributed by atoms with Crippen LogP contribution in [0.1, 0.15) is 19.3 Å². The minimum absolute atomic E-state index is 0.0717. The number of amides is 2. The van der Waals surface area contributed by atoms with Crippen LogP contribution in [0.25, 0.3) is 0 Å². The van der Waals surface area contributed by atoms with Gasteiger partial charge in [0.2, 0.25) is 0 Å². The average Bonchev–Trinajstić information content (AvgIpc) is 2.18. The summed E-state index contributed by atoms with van der Waals surface area (Å²) < 4.78 is 0. The Balaban J connectivity index is 2.27. The quantitative estimate of drug-likeness (QED) is 0.625. The Morgan fingerprint density at radius 3 is 3.00 bits per heavy atom. The van der Waals surface area contributed by atoms with Crippen LogP contribution in [-0.4, -0.2) is 43.5 Å². The summed E-state index contributed by atoms with van der Waals surface area (Å²) in [7, 11) is 1.99. The maximum atomic E-state index is 11.2. The number of hydrogen-bond acceptors (Lipinski definition) is 3. The third kappa shape index (κ3) is 3.33. The number of aldehydes is 1. The van der Waals surface area contributed by atoms with E-state index >= 15 is 0 Å². The lowest BCUT2D eigenvalue weighted by atomic mass is 10.1. The van der Waals surface area contributed by atoms with Gasteiger partial charge in [-0.1, -0.05) is 0 Å². The van der Waals surface area contributed by atoms with E-state index in [0.717, 1.165) is 19.4 Å². The van der Waals surface area contributed by atoms with Crippen molar-refractivity contribution in [2.24, 2.45) is 0 Å². The molecule has 1 saturated heterocycles. The summed E-state index contributed by atoms with van der Waals surface area (Å²) >= 11 is 0. The zero-order valence-electron chi connectivity index (χ0n) is 8.45. The van der Waals surface area contributed by atoms with Crippen LogP contribution in [0.4, 0.5) is 4.79 Å². The Hall–Kier alpha value is -1.10. The summed E-state index contributed by atoms with van der Waals surface area (Å²) in [5.41, 5.74) is 0. The molecular formula is C9H17N3O2. The molecule has 2 amide bonds. The second-order valence-electron chi connectivity index (χ2n) is 3.51. The molecule has 1 unspecified atom stereocenters. The first-order valence-electron chi connectivity index (χ1n) is 4.92. The molecule has 2 N–H and O–H groups in total. The maximum Gasteiger partial charge on any atom is 0.316 e. The van der Waals surface area contributed by atoms with Crippen LogP contribution >= 0.6 is 0 Å². The minimum Gasteiger partial charge on any atom is -0.331 e. The first-order valence-corrected chi connectivity index (χ1v) is 4.92. The molecule has 1 heterocycles. The first kappa shape index (κ1) is 11.0. The second kappa shape index (κ2) is 5.59. The lowest BCUT2D eigenvalue weighted by Crippen LogP contribution is -2.51. The summed E-state index contributed by atoms with van der Waals surface area (Å²) in [6, 6.07) is -0.268. The van der Waals surface area contributed by atoms with Gasteiger partial charge in [-0.05, 0) is 32.9 Å². The molecule has 1 fully saturated rings. The van der Waals surface area contributed by atoms with Gasteiger partial charge in [0.1, 0.15) is 6.29 Å². The Labute approximate surface area is 83.8 Å². The van der Waals surface area contributed by atoms with Gasteiger partial charge in [-0.25, -0.2) is 4.79 Å². The van der Waals surface area contributed by atoms with Crippen LogP contribution in [0, 0.1) is 0 Å². The van der Waals surface area contributed by atoms with Crippen molar-refractivity contribution >= 4 is 12.3 Å². The van der Waals surface area contributed by atoms with Crippen molar-refractivity contribution in [1.29, 1.82) is 0 Å². The standard InChI is InChI=1S/C9H17N3O2/c1-12-6-3-2-4-8(12)11-9(14)10-5-7-13/h7-8H,2-6H2,1H3,(H2,10,11,14). The zero-order chi connectivity index (χ0) is 10.4. The van der Waals surface area contributed by atoms with Crippen LogP contribution in [0.15, 0.2) is 0 Å². The van der Waals surface area contributed by atoms with Crippen LogP contribution in [0.5, 0.6) is 0 Å². The third-order valence-corrected chi connectivity index (χ3v) is 2.41. The van der Waals surface area contributed by atoms with Crippen LogP contribution in [0.3, 0.4) is 0 Å². The van der Waals surface area contributed by atoms with E-state index in [9.17, 15) is 9.59 Å². The molecule has 14 heavy (non-hydrogen) atoms. The van der Waals surface area contributed by atoms with E-state index in [-0.39, 0.29) is 18.7 Å². The average molecular weight is 199 g/mol. The van der Waals surface area contributed by atoms with E-state index in [2.05, 4.69) is 15.5 Å². The normalized spacial score (nSPS) is 22.8. The fraction of sp³-hybridized carbons (Fsp3) is 0.778. The highest BCUT2D eigenvalue weighted by atomic mass is 16.2. The smallest absolute Gasteiger partial charge is 0.316 e. The van der Waals surface area contributed by atoms with Gasteiger partial charge in [0.25, 0.3) is 0 Å². The van der Waals surface area contributed by atoms with Crippen molar-refractivity contribution in [2.75, 3.05) is 20.1 Å². The van der Waals surface area contributed by atoms with Crippen molar-refractivity contribution in [3.8, 4) is 0 Å². The summed E-state index contributed by atoms with van der Waals surface area (Å²) in [5.74, 6) is 0. The number of carbonyl (C=O) groups excluding carboxylic acids is 2. The van der Waals surface area contributed by atoms with E-state index in [1.807, 2.05) is 7.05 Å². The molecule has 0 radical (unpaired) electrons. The number of nitrogens with one attached hydrogen (secondary N) is 2. The van der Waals surface area contributed by atoms with Gasteiger partial charge in [0.15, 0.2) is 0 Å². The largest absolute Gasteiger partial charge is 0.331 e. The summed E-state index contributed by atoms with van der Waals surface area (Å²) in [6.45, 7) is 1.08. The molecule has 1 rings (SSSR count). The van der Waals surface area contributed by atoms with E-state index in [0.29, 0.717) is 6.29 Å². The lowest BCUT2D eigenvalue weighted by molar-refractivity contribution is -0.107. The Bertz CT molecular complexity index is 208. The van der Waals surface area contributed by atoms with Crippen LogP contribution in [-0.2, 0) is 4.79 Å². The van der Waals surface area contributed by atoms with Gasteiger partial charge in [0, 0.05) is 0 Å². The van der Waals surface area contributed by atoms with Gasteiger partial charge >= 0.3 is 6.03 Å². The van der Waals surface area contributed by atoms with Crippen molar-refractivity contribution in [1.82, 2.24) is 15.5 Å². The predicted molar refractivity (Wildman–Crippen MR) is 52.9 cm³/mol. The number of rotatable bonds is 3. The topological polar surface area (TPSA) is 61.4 Å². The highest BCUT2D eigenvalue weighted by molar-refractivity contribution is 5.76. The molecule has 0 aromatic carbocycles. The maximum absolute atomic E-state index is 11.2. The highest BCUT2D eigenvalue weighted by Gasteiger charge is 2.19. The molecule has 5 heteroatoms. The van der Waals surface area contributed by atoms with Crippen molar-refractivity contribution in [2.45, 2.75) is 25.4 Å². The summed E-state index contributed by atoms with van der Waals surface area (Å²) in [5, 5.41) is 5.28. The second-order valence-corrected chi connectivity index (χ2v) is 3.51. The van der Waals surface area contributed by atoms with Gasteiger partial charge in [-0.15, -0.1) is 0 Å². The van der Waals surface area contributed by atoms with Crippen LogP contribution in [0.2, 0.25) is 0 Å². The van der Waals surface area contributed by atoms with E-state index in [1.165, 1.54) is 6.42 Å². The number of likely N-dealkylation sites (tertiary alicyclic amines) is 1. The number of hydrogen-bond donors (Lipinski definition) is 2. The molecule has 0 aromatic rings. The molecular weight excluding hydrogens is 182 g/mol. The lowest BCUT2D eigenvalue weighted by Gasteiger charge is -2.32. The predicted octanol–water partition coefficient (Wildman–Crippen LogP) is -0.0737. The monoisotopic (exact) mass is 199 g/mol. The molecule has 0 aliphatic carbocycles. The SMILES string of the molecule is CN1CCCCC1NC(=O)NCC=O. The Morgan fingerprint density at radius 1 is 1.57 bits per heavy atom. The van der Waals surface area contributed by atoms with Gasteiger partial charge in [-0.2, -0.15) is 0 Å². The molecule has 0 saturated carbocycles. The molecule has 0 spiro atoms. The van der Waals surface area contributed by atoms with E-state index in [4.69, 9.17) is 0 Å². The van der Waals surface area contributed by atoms with E-state index < -0.39 is 0 Å². The van der Waals surface area contributed by atoms with Crippen molar-refractivity contribution in [3.05, 3.63) is 0 Å². The third-order valence-electron chi connectivity index (χ3n) is 2.41. The fourth-order valence-corrected chi connectivity index (χ4v) is 1.59. The summed E-state index contributed by atoms with van der Waals surface area (Å²) in [4.78, 5) is 23.3. The van der Waals surface area contributed by atoms with Crippen molar-refractivity contribution in [3.63, 3.8) is 0 Å².